The Morgan fingerprint density at radius 2 is 2.25 bits per heavy atom. The van der Waals surface area contributed by atoms with Crippen LogP contribution in [0.3, 0.4) is 0 Å². The van der Waals surface area contributed by atoms with Crippen molar-refractivity contribution in [3.63, 3.8) is 0 Å². The van der Waals surface area contributed by atoms with E-state index in [0.717, 1.165) is 0 Å². The van der Waals surface area contributed by atoms with Crippen molar-refractivity contribution in [3.8, 4) is 17.6 Å². The number of benzene rings is 1. The molecule has 1 aromatic heterocycles. The number of nitrogens with one attached hydrogen (secondary N) is 1. The van der Waals surface area contributed by atoms with Crippen molar-refractivity contribution in [3.05, 3.63) is 48.1 Å². The average Bonchev–Trinajstić information content (AvgIpc) is 3.08. The normalized spacial score (nSPS) is 12.4. The fourth-order valence-electron chi connectivity index (χ4n) is 2.13. The molecule has 3 N–H and O–H groups in total. The lowest BCUT2D eigenvalue weighted by Crippen LogP contribution is -2.37. The summed E-state index contributed by atoms with van der Waals surface area (Å²) in [5, 5.41) is 30.8. The van der Waals surface area contributed by atoms with E-state index in [9.17, 15) is 20.3 Å². The van der Waals surface area contributed by atoms with Crippen molar-refractivity contribution in [1.29, 1.82) is 5.26 Å². The fraction of sp³-hybridized carbons (Fsp3) is 0.235. The van der Waals surface area contributed by atoms with Gasteiger partial charge in [-0.2, -0.15) is 5.26 Å². The maximum absolute atomic E-state index is 12.3. The molecule has 7 nitrogen and oxygen atoms in total. The summed E-state index contributed by atoms with van der Waals surface area (Å²) >= 11 is 0. The van der Waals surface area contributed by atoms with Crippen LogP contribution in [0.2, 0.25) is 0 Å². The maximum Gasteiger partial charge on any atom is 0.262 e. The van der Waals surface area contributed by atoms with E-state index in [4.69, 9.17) is 0 Å². The van der Waals surface area contributed by atoms with Crippen LogP contribution in [0.1, 0.15) is 18.9 Å². The molecule has 1 amide bonds. The lowest BCUT2D eigenvalue weighted by Gasteiger charge is -2.17. The minimum Gasteiger partial charge on any atom is -0.504 e. The van der Waals surface area contributed by atoms with Gasteiger partial charge < -0.3 is 20.1 Å². The van der Waals surface area contributed by atoms with Crippen molar-refractivity contribution < 1.29 is 15.0 Å². The zero-order valence-electron chi connectivity index (χ0n) is 13.2. The summed E-state index contributed by atoms with van der Waals surface area (Å²) in [7, 11) is 0. The Hall–Kier alpha value is -3.27. The second-order valence-corrected chi connectivity index (χ2v) is 5.26. The Kier molecular flexibility index (Phi) is 5.58. The number of phenolic OH excluding ortho intramolecular Hbond substituents is 2. The number of phenols is 2. The fourth-order valence-corrected chi connectivity index (χ4v) is 2.13. The molecule has 24 heavy (non-hydrogen) atoms. The van der Waals surface area contributed by atoms with Gasteiger partial charge in [-0.3, -0.25) is 4.79 Å². The lowest BCUT2D eigenvalue weighted by molar-refractivity contribution is -0.117. The molecule has 1 atom stereocenters. The van der Waals surface area contributed by atoms with Crippen molar-refractivity contribution >= 4 is 12.0 Å². The molecule has 0 bridgehead atoms. The van der Waals surface area contributed by atoms with Crippen LogP contribution in [-0.4, -0.2) is 31.7 Å². The second kappa shape index (κ2) is 7.83. The molecule has 2 rings (SSSR count). The number of carbonyl (C=O) groups is 1. The van der Waals surface area contributed by atoms with E-state index in [1.54, 1.807) is 18.7 Å². The highest BCUT2D eigenvalue weighted by Crippen LogP contribution is 2.25. The number of hydrogen-bond donors (Lipinski definition) is 3. The third kappa shape index (κ3) is 4.36. The van der Waals surface area contributed by atoms with Crippen molar-refractivity contribution in [2.24, 2.45) is 0 Å². The SMILES string of the molecule is CCC(Cn1ccnc1)NC(=O)/C(C#N)=C/c1ccc(O)c(O)c1. The van der Waals surface area contributed by atoms with Crippen molar-refractivity contribution in [1.82, 2.24) is 14.9 Å². The third-order valence-electron chi connectivity index (χ3n) is 3.49. The molecule has 0 fully saturated rings. The van der Waals surface area contributed by atoms with Crippen LogP contribution in [0.15, 0.2) is 42.5 Å². The minimum atomic E-state index is -0.489. The van der Waals surface area contributed by atoms with Gasteiger partial charge >= 0.3 is 0 Å². The Bertz CT molecular complexity index is 776. The molecule has 124 valence electrons. The summed E-state index contributed by atoms with van der Waals surface area (Å²) in [5.74, 6) is -1.06. The summed E-state index contributed by atoms with van der Waals surface area (Å²) in [6.07, 6.45) is 7.18. The van der Waals surface area contributed by atoms with Crippen LogP contribution in [0, 0.1) is 11.3 Å². The van der Waals surface area contributed by atoms with Crippen molar-refractivity contribution in [2.45, 2.75) is 25.9 Å². The van der Waals surface area contributed by atoms with Gasteiger partial charge in [-0.1, -0.05) is 13.0 Å². The monoisotopic (exact) mass is 326 g/mol. The zero-order chi connectivity index (χ0) is 17.5. The lowest BCUT2D eigenvalue weighted by atomic mass is 10.1. The predicted molar refractivity (Wildman–Crippen MR) is 87.8 cm³/mol. The van der Waals surface area contributed by atoms with E-state index >= 15 is 0 Å². The van der Waals surface area contributed by atoms with Crippen LogP contribution in [0.4, 0.5) is 0 Å². The van der Waals surface area contributed by atoms with Crippen LogP contribution >= 0.6 is 0 Å². The minimum absolute atomic E-state index is 0.0795. The molecular formula is C17H18N4O3. The average molecular weight is 326 g/mol. The van der Waals surface area contributed by atoms with E-state index < -0.39 is 5.91 Å². The molecule has 2 aromatic rings. The number of imidazole rings is 1. The van der Waals surface area contributed by atoms with Crippen LogP contribution < -0.4 is 5.32 Å². The standard InChI is InChI=1S/C17H18N4O3/c1-2-14(10-21-6-5-19-11-21)20-17(24)13(9-18)7-12-3-4-15(22)16(23)8-12/h3-8,11,14,22-23H,2,10H2,1H3,(H,20,24)/b13-7+. The Labute approximate surface area is 139 Å². The molecule has 0 saturated carbocycles. The number of aromatic nitrogens is 2. The van der Waals surface area contributed by atoms with Gasteiger partial charge in [0.1, 0.15) is 11.6 Å². The first-order chi connectivity index (χ1) is 11.5. The van der Waals surface area contributed by atoms with Gasteiger partial charge in [-0.15, -0.1) is 0 Å². The first kappa shape index (κ1) is 17.1. The summed E-state index contributed by atoms with van der Waals surface area (Å²) in [5.41, 5.74) is 0.365. The van der Waals surface area contributed by atoms with Gasteiger partial charge in [-0.05, 0) is 30.2 Å². The van der Waals surface area contributed by atoms with Gasteiger partial charge in [0, 0.05) is 25.0 Å². The van der Waals surface area contributed by atoms with Crippen molar-refractivity contribution in [2.75, 3.05) is 0 Å². The summed E-state index contributed by atoms with van der Waals surface area (Å²) < 4.78 is 1.85. The van der Waals surface area contributed by atoms with E-state index in [2.05, 4.69) is 10.3 Å². The van der Waals surface area contributed by atoms with Crippen LogP contribution in [0.25, 0.3) is 6.08 Å². The topological polar surface area (TPSA) is 111 Å². The molecule has 0 saturated heterocycles. The quantitative estimate of drug-likeness (QED) is 0.426. The number of nitrogens with zero attached hydrogens (tertiary/aromatic N) is 3. The van der Waals surface area contributed by atoms with E-state index in [-0.39, 0.29) is 23.1 Å². The molecule has 1 aromatic carbocycles. The number of nitriles is 1. The molecule has 0 aliphatic carbocycles. The van der Waals surface area contributed by atoms with Crippen LogP contribution in [0.5, 0.6) is 11.5 Å². The molecule has 1 unspecified atom stereocenters. The molecule has 7 heteroatoms. The smallest absolute Gasteiger partial charge is 0.262 e. The van der Waals surface area contributed by atoms with Gasteiger partial charge in [0.2, 0.25) is 0 Å². The molecule has 0 aliphatic heterocycles. The van der Waals surface area contributed by atoms with Gasteiger partial charge in [0.05, 0.1) is 6.33 Å². The van der Waals surface area contributed by atoms with E-state index in [1.165, 1.54) is 24.3 Å². The molecule has 0 aliphatic rings. The third-order valence-corrected chi connectivity index (χ3v) is 3.49. The number of hydrogen-bond acceptors (Lipinski definition) is 5. The largest absolute Gasteiger partial charge is 0.504 e. The Morgan fingerprint density at radius 3 is 2.83 bits per heavy atom. The first-order valence-electron chi connectivity index (χ1n) is 7.43. The highest BCUT2D eigenvalue weighted by atomic mass is 16.3. The van der Waals surface area contributed by atoms with Gasteiger partial charge in [0.15, 0.2) is 11.5 Å². The molecule has 1 heterocycles. The Morgan fingerprint density at radius 1 is 1.46 bits per heavy atom. The molecule has 0 radical (unpaired) electrons. The number of amides is 1. The predicted octanol–water partition coefficient (Wildman–Crippen LogP) is 1.80. The first-order valence-corrected chi connectivity index (χ1v) is 7.43. The number of aromatic hydroxyl groups is 2. The summed E-state index contributed by atoms with van der Waals surface area (Å²) in [6, 6.07) is 5.79. The Balaban J connectivity index is 2.11. The summed E-state index contributed by atoms with van der Waals surface area (Å²) in [4.78, 5) is 16.2. The number of carbonyl (C=O) groups excluding carboxylic acids is 1. The zero-order valence-corrected chi connectivity index (χ0v) is 13.2. The summed E-state index contributed by atoms with van der Waals surface area (Å²) in [6.45, 7) is 2.50. The highest BCUT2D eigenvalue weighted by molar-refractivity contribution is 6.01. The maximum atomic E-state index is 12.3. The van der Waals surface area contributed by atoms with E-state index in [0.29, 0.717) is 18.5 Å². The highest BCUT2D eigenvalue weighted by Gasteiger charge is 2.15. The molecule has 0 spiro atoms. The second-order valence-electron chi connectivity index (χ2n) is 5.26. The van der Waals surface area contributed by atoms with Gasteiger partial charge in [-0.25, -0.2) is 4.98 Å². The van der Waals surface area contributed by atoms with Crippen LogP contribution in [-0.2, 0) is 11.3 Å². The van der Waals surface area contributed by atoms with Gasteiger partial charge in [0.25, 0.3) is 5.91 Å². The molecular weight excluding hydrogens is 308 g/mol. The number of rotatable bonds is 6. The van der Waals surface area contributed by atoms with E-state index in [1.807, 2.05) is 17.6 Å².